The van der Waals surface area contributed by atoms with Gasteiger partial charge in [0, 0.05) is 6.54 Å². The van der Waals surface area contributed by atoms with E-state index in [9.17, 15) is 19.5 Å². The van der Waals surface area contributed by atoms with Gasteiger partial charge in [-0.1, -0.05) is 24.3 Å². The Morgan fingerprint density at radius 2 is 1.87 bits per heavy atom. The van der Waals surface area contributed by atoms with Crippen molar-refractivity contribution in [3.8, 4) is 0 Å². The summed E-state index contributed by atoms with van der Waals surface area (Å²) in [5.74, 6) is -0.971. The van der Waals surface area contributed by atoms with Crippen molar-refractivity contribution in [2.45, 2.75) is 76.2 Å². The molecule has 2 aliphatic rings. The van der Waals surface area contributed by atoms with Crippen LogP contribution in [-0.2, 0) is 20.8 Å². The van der Waals surface area contributed by atoms with Gasteiger partial charge >= 0.3 is 0 Å². The molecule has 0 spiro atoms. The quantitative estimate of drug-likeness (QED) is 0.508. The van der Waals surface area contributed by atoms with Gasteiger partial charge in [-0.3, -0.25) is 14.4 Å². The second-order valence-electron chi connectivity index (χ2n) is 8.58. The highest BCUT2D eigenvalue weighted by Gasteiger charge is 2.40. The van der Waals surface area contributed by atoms with Crippen LogP contribution in [0.5, 0.6) is 0 Å². The van der Waals surface area contributed by atoms with Crippen LogP contribution in [0.3, 0.4) is 0 Å². The second-order valence-corrected chi connectivity index (χ2v) is 8.58. The number of aliphatic hydroxyl groups is 1. The molecular formula is C23H34N4O4. The van der Waals surface area contributed by atoms with Gasteiger partial charge in [-0.2, -0.15) is 0 Å². The van der Waals surface area contributed by atoms with E-state index in [0.717, 1.165) is 24.8 Å². The second kappa shape index (κ2) is 10.2. The first kappa shape index (κ1) is 23.2. The predicted molar refractivity (Wildman–Crippen MR) is 117 cm³/mol. The summed E-state index contributed by atoms with van der Waals surface area (Å²) in [6, 6.07) is 5.90. The molecule has 0 radical (unpaired) electrons. The van der Waals surface area contributed by atoms with Gasteiger partial charge in [0.25, 0.3) is 0 Å². The minimum atomic E-state index is -1.09. The topological polar surface area (TPSA) is 111 Å². The van der Waals surface area contributed by atoms with Crippen LogP contribution in [0.4, 0.5) is 0 Å². The molecule has 4 N–H and O–H groups in total. The van der Waals surface area contributed by atoms with Crippen molar-refractivity contribution in [3.05, 3.63) is 35.4 Å². The molecule has 1 fully saturated rings. The molecule has 8 nitrogen and oxygen atoms in total. The van der Waals surface area contributed by atoms with Crippen molar-refractivity contribution in [2.75, 3.05) is 13.6 Å². The molecule has 8 heteroatoms. The van der Waals surface area contributed by atoms with Gasteiger partial charge in [0.15, 0.2) is 0 Å². The molecule has 0 bridgehead atoms. The normalized spacial score (nSPS) is 23.4. The van der Waals surface area contributed by atoms with Crippen LogP contribution < -0.4 is 16.0 Å². The molecule has 3 amide bonds. The molecule has 0 aromatic heterocycles. The number of carbonyl (C=O) groups excluding carboxylic acids is 3. The average molecular weight is 431 g/mol. The lowest BCUT2D eigenvalue weighted by atomic mass is 9.87. The summed E-state index contributed by atoms with van der Waals surface area (Å²) < 4.78 is 0. The largest absolute Gasteiger partial charge is 0.391 e. The molecule has 1 heterocycles. The summed E-state index contributed by atoms with van der Waals surface area (Å²) in [7, 11) is 1.65. The molecule has 1 aromatic rings. The van der Waals surface area contributed by atoms with Gasteiger partial charge in [-0.25, -0.2) is 0 Å². The Balaban J connectivity index is 1.70. The van der Waals surface area contributed by atoms with Crippen molar-refractivity contribution >= 4 is 17.7 Å². The fourth-order valence-corrected chi connectivity index (χ4v) is 4.45. The third kappa shape index (κ3) is 5.25. The third-order valence-electron chi connectivity index (χ3n) is 6.40. The van der Waals surface area contributed by atoms with Crippen LogP contribution in [0.25, 0.3) is 0 Å². The van der Waals surface area contributed by atoms with Crippen LogP contribution in [0, 0.1) is 0 Å². The number of hydrogen-bond donors (Lipinski definition) is 4. The fourth-order valence-electron chi connectivity index (χ4n) is 4.45. The highest BCUT2D eigenvalue weighted by Crippen LogP contribution is 2.30. The lowest BCUT2D eigenvalue weighted by Crippen LogP contribution is -2.59. The van der Waals surface area contributed by atoms with E-state index in [2.05, 4.69) is 28.1 Å². The van der Waals surface area contributed by atoms with E-state index < -0.39 is 30.1 Å². The van der Waals surface area contributed by atoms with E-state index in [4.69, 9.17) is 0 Å². The molecule has 31 heavy (non-hydrogen) atoms. The highest BCUT2D eigenvalue weighted by molar-refractivity contribution is 5.93. The van der Waals surface area contributed by atoms with Gasteiger partial charge in [0.2, 0.25) is 17.7 Å². The average Bonchev–Trinajstić information content (AvgIpc) is 3.26. The van der Waals surface area contributed by atoms with Crippen LogP contribution >= 0.6 is 0 Å². The monoisotopic (exact) mass is 430 g/mol. The first-order valence-corrected chi connectivity index (χ1v) is 11.2. The zero-order valence-electron chi connectivity index (χ0n) is 18.6. The molecule has 170 valence electrons. The summed E-state index contributed by atoms with van der Waals surface area (Å²) in [5, 5.41) is 18.7. The van der Waals surface area contributed by atoms with Crippen molar-refractivity contribution in [2.24, 2.45) is 0 Å². The molecule has 0 saturated carbocycles. The number of aliphatic hydroxyl groups excluding tert-OH is 1. The van der Waals surface area contributed by atoms with Gasteiger partial charge in [-0.15, -0.1) is 0 Å². The summed E-state index contributed by atoms with van der Waals surface area (Å²) >= 11 is 0. The van der Waals surface area contributed by atoms with E-state index in [0.29, 0.717) is 19.4 Å². The van der Waals surface area contributed by atoms with Crippen LogP contribution in [0.1, 0.15) is 56.7 Å². The molecule has 1 aromatic carbocycles. The smallest absolute Gasteiger partial charge is 0.248 e. The number of nitrogens with zero attached hydrogens (tertiary/aromatic N) is 1. The van der Waals surface area contributed by atoms with Gasteiger partial charge < -0.3 is 26.0 Å². The van der Waals surface area contributed by atoms with E-state index in [1.165, 1.54) is 17.4 Å². The minimum Gasteiger partial charge on any atom is -0.391 e. The number of rotatable bonds is 7. The Bertz CT molecular complexity index is 813. The number of fused-ring (bicyclic) bond motifs is 1. The van der Waals surface area contributed by atoms with Crippen molar-refractivity contribution < 1.29 is 19.5 Å². The van der Waals surface area contributed by atoms with E-state index in [1.807, 2.05) is 12.1 Å². The first-order valence-electron chi connectivity index (χ1n) is 11.2. The highest BCUT2D eigenvalue weighted by atomic mass is 16.3. The van der Waals surface area contributed by atoms with E-state index in [-0.39, 0.29) is 17.9 Å². The van der Waals surface area contributed by atoms with E-state index >= 15 is 0 Å². The Hall–Kier alpha value is -2.45. The van der Waals surface area contributed by atoms with Crippen LogP contribution in [-0.4, -0.2) is 65.5 Å². The molecular weight excluding hydrogens is 396 g/mol. The number of amides is 3. The maximum Gasteiger partial charge on any atom is 0.248 e. The van der Waals surface area contributed by atoms with Crippen molar-refractivity contribution in [1.29, 1.82) is 0 Å². The number of benzene rings is 1. The molecule has 0 unspecified atom stereocenters. The minimum absolute atomic E-state index is 0.0567. The number of hydrogen-bond acceptors (Lipinski definition) is 5. The maximum atomic E-state index is 13.2. The Kier molecular flexibility index (Phi) is 7.67. The molecule has 1 saturated heterocycles. The molecule has 1 aliphatic heterocycles. The number of aryl methyl sites for hydroxylation is 1. The Morgan fingerprint density at radius 3 is 2.58 bits per heavy atom. The Labute approximate surface area is 183 Å². The van der Waals surface area contributed by atoms with E-state index in [1.54, 1.807) is 14.0 Å². The standard InChI is InChI=1S/C23H34N4O4/c1-14(24-3)21(29)26-20(15(2)28)23(31)27-13-7-12-19(27)22(30)25-18-11-6-9-16-8-4-5-10-17(16)18/h4-5,8,10,14-15,18-20,24,28H,6-7,9,11-13H2,1-3H3,(H,25,30)(H,26,29)/t14-,15+,18+,19-,20-/m0/s1. The SMILES string of the molecule is CN[C@@H](C)C(=O)N[C@H](C(=O)N1CCC[C@H]1C(=O)N[C@@H]1CCCc2ccccc21)[C@@H](C)O. The summed E-state index contributed by atoms with van der Waals surface area (Å²) in [4.78, 5) is 40.1. The summed E-state index contributed by atoms with van der Waals surface area (Å²) in [6.45, 7) is 3.57. The van der Waals surface area contributed by atoms with Gasteiger partial charge in [0.1, 0.15) is 12.1 Å². The lowest BCUT2D eigenvalue weighted by Gasteiger charge is -2.32. The van der Waals surface area contributed by atoms with Crippen molar-refractivity contribution in [1.82, 2.24) is 20.9 Å². The number of nitrogens with one attached hydrogen (secondary N) is 3. The van der Waals surface area contributed by atoms with Gasteiger partial charge in [0.05, 0.1) is 18.2 Å². The number of likely N-dealkylation sites (N-methyl/N-ethyl adjacent to an activating group) is 1. The van der Waals surface area contributed by atoms with Crippen LogP contribution in [0.15, 0.2) is 24.3 Å². The van der Waals surface area contributed by atoms with Gasteiger partial charge in [-0.05, 0) is 64.1 Å². The lowest BCUT2D eigenvalue weighted by molar-refractivity contribution is -0.144. The molecule has 5 atom stereocenters. The fraction of sp³-hybridized carbons (Fsp3) is 0.609. The zero-order chi connectivity index (χ0) is 22.5. The first-order chi connectivity index (χ1) is 14.8. The molecule has 1 aliphatic carbocycles. The number of carbonyl (C=O) groups is 3. The number of likely N-dealkylation sites (tertiary alicyclic amines) is 1. The zero-order valence-corrected chi connectivity index (χ0v) is 18.6. The maximum absolute atomic E-state index is 13.2. The Morgan fingerprint density at radius 1 is 1.13 bits per heavy atom. The third-order valence-corrected chi connectivity index (χ3v) is 6.40. The summed E-state index contributed by atoms with van der Waals surface area (Å²) in [6.07, 6.45) is 3.09. The van der Waals surface area contributed by atoms with Crippen LogP contribution in [0.2, 0.25) is 0 Å². The summed E-state index contributed by atoms with van der Waals surface area (Å²) in [5.41, 5.74) is 2.40. The van der Waals surface area contributed by atoms with Crippen molar-refractivity contribution in [3.63, 3.8) is 0 Å². The molecule has 3 rings (SSSR count). The predicted octanol–water partition coefficient (Wildman–Crippen LogP) is 0.645.